The molecule has 7 unspecified atom stereocenters. The van der Waals surface area contributed by atoms with E-state index in [1.807, 2.05) is 13.0 Å². The van der Waals surface area contributed by atoms with Gasteiger partial charge in [0, 0.05) is 38.0 Å². The molecule has 0 aromatic carbocycles. The first-order valence-electron chi connectivity index (χ1n) is 23.4. The zero-order chi connectivity index (χ0) is 51.3. The highest BCUT2D eigenvalue weighted by molar-refractivity contribution is 5.86. The summed E-state index contributed by atoms with van der Waals surface area (Å²) in [4.78, 5) is 38.5. The number of cyclic esters (lactones) is 1. The van der Waals surface area contributed by atoms with Gasteiger partial charge in [-0.05, 0) is 33.1 Å². The Morgan fingerprint density at radius 1 is 0.725 bits per heavy atom. The van der Waals surface area contributed by atoms with E-state index in [-0.39, 0.29) is 44.6 Å². The van der Waals surface area contributed by atoms with Crippen LogP contribution in [-0.4, -0.2) is 180 Å². The van der Waals surface area contributed by atoms with E-state index in [0.29, 0.717) is 0 Å². The number of carbonyl (C=O) groups is 3. The van der Waals surface area contributed by atoms with Gasteiger partial charge < -0.3 is 85.8 Å². The monoisotopic (exact) mass is 981 g/mol. The Bertz CT molecular complexity index is 1790. The number of hydrogen-bond donors (Lipinski definition) is 12. The van der Waals surface area contributed by atoms with Crippen LogP contribution in [0.5, 0.6) is 0 Å². The van der Waals surface area contributed by atoms with E-state index in [1.165, 1.54) is 13.0 Å². The number of carbonyl (C=O) groups excluding carboxylic acids is 3. The molecule has 3 heterocycles. The van der Waals surface area contributed by atoms with Crippen molar-refractivity contribution in [3.05, 3.63) is 85.1 Å². The fourth-order valence-corrected chi connectivity index (χ4v) is 8.06. The lowest BCUT2D eigenvalue weighted by Gasteiger charge is -2.45. The van der Waals surface area contributed by atoms with Crippen molar-refractivity contribution < 1.29 is 89.1 Å². The van der Waals surface area contributed by atoms with Gasteiger partial charge in [0.2, 0.25) is 5.91 Å². The zero-order valence-electron chi connectivity index (χ0n) is 39.8. The van der Waals surface area contributed by atoms with Gasteiger partial charge >= 0.3 is 11.9 Å². The molecule has 1 amide bonds. The summed E-state index contributed by atoms with van der Waals surface area (Å²) in [6, 6.07) is -2.31. The van der Waals surface area contributed by atoms with E-state index in [9.17, 15) is 65.4 Å². The van der Waals surface area contributed by atoms with Gasteiger partial charge in [0.1, 0.15) is 18.2 Å². The van der Waals surface area contributed by atoms with Crippen LogP contribution in [0.25, 0.3) is 0 Å². The van der Waals surface area contributed by atoms with Gasteiger partial charge in [-0.25, -0.2) is 4.79 Å². The van der Waals surface area contributed by atoms with Gasteiger partial charge in [-0.3, -0.25) is 9.59 Å². The predicted molar refractivity (Wildman–Crippen MR) is 250 cm³/mol. The molecule has 0 aromatic heterocycles. The molecular formula is C49H76N2O18. The first kappa shape index (κ1) is 59.3. The van der Waals surface area contributed by atoms with Crippen LogP contribution in [0.4, 0.5) is 0 Å². The zero-order valence-corrected chi connectivity index (χ0v) is 39.8. The molecule has 0 radical (unpaired) electrons. The van der Waals surface area contributed by atoms with Gasteiger partial charge in [-0.1, -0.05) is 92.0 Å². The number of methoxy groups -OCH3 is 1. The maximum Gasteiger partial charge on any atom is 0.328 e. The van der Waals surface area contributed by atoms with Crippen molar-refractivity contribution in [3.63, 3.8) is 0 Å². The van der Waals surface area contributed by atoms with Gasteiger partial charge in [0.05, 0.1) is 93.1 Å². The number of hydrogen-bond acceptors (Lipinski definition) is 19. The minimum Gasteiger partial charge on any atom is -0.467 e. The maximum absolute atomic E-state index is 13.8. The van der Waals surface area contributed by atoms with Crippen molar-refractivity contribution in [2.75, 3.05) is 13.7 Å². The molecule has 3 aliphatic rings. The molecule has 3 aliphatic heterocycles. The molecule has 0 aliphatic carbocycles. The van der Waals surface area contributed by atoms with Crippen LogP contribution >= 0.6 is 0 Å². The third-order valence-electron chi connectivity index (χ3n) is 12.0. The summed E-state index contributed by atoms with van der Waals surface area (Å²) in [7, 11) is 1.13. The molecule has 3 rings (SSSR count). The highest BCUT2D eigenvalue weighted by atomic mass is 16.7. The standard InChI is InChI=1S/C49H76N2O18/c1-29-17-15-13-11-9-7-5-6-8-10-12-14-16-18-35(68-48-45(61)44(50)40(59)28-66-48)25-41-43(46(62)51-31(3)47(63)65-4)39(58)27-49(64,69-41)26-34(54)23-38(57)36(55)20-19-32(52)22-33(53)24-42(60)67-30(2)21-37(29)56/h5-18,29-41,43-45,48,52-59,61,64H,19-28,50H2,1-4H3,(H,51,62)/b6-5+,9-7+,10-8+,13-11+,14-12+,17-15+,18-16+/t29-,30-,31-,32?,33?,34?,35?,36?,37-,38?,39-,40+,41-,43+,44-,45-,48-,49?/m0/s1. The Balaban J connectivity index is 1.92. The minimum atomic E-state index is -2.35. The topological polar surface area (TPSA) is 338 Å². The number of amides is 1. The van der Waals surface area contributed by atoms with E-state index in [4.69, 9.17) is 29.4 Å². The third-order valence-corrected chi connectivity index (χ3v) is 12.0. The second kappa shape index (κ2) is 30.0. The number of fused-ring (bicyclic) bond motifs is 2. The molecule has 69 heavy (non-hydrogen) atoms. The average molecular weight is 981 g/mol. The highest BCUT2D eigenvalue weighted by Crippen LogP contribution is 2.38. The lowest BCUT2D eigenvalue weighted by atomic mass is 9.82. The first-order valence-corrected chi connectivity index (χ1v) is 23.4. The van der Waals surface area contributed by atoms with E-state index in [1.54, 1.807) is 79.8 Å². The normalized spacial score (nSPS) is 41.7. The smallest absolute Gasteiger partial charge is 0.328 e. The molecule has 0 aromatic rings. The highest BCUT2D eigenvalue weighted by Gasteiger charge is 2.51. The lowest BCUT2D eigenvalue weighted by Crippen LogP contribution is -2.60. The number of allylic oxidation sites excluding steroid dienone is 12. The summed E-state index contributed by atoms with van der Waals surface area (Å²) in [5, 5.41) is 111. The molecule has 13 N–H and O–H groups in total. The summed E-state index contributed by atoms with van der Waals surface area (Å²) in [6.07, 6.45) is 4.45. The largest absolute Gasteiger partial charge is 0.467 e. The quantitative estimate of drug-likeness (QED) is 0.157. The summed E-state index contributed by atoms with van der Waals surface area (Å²) in [6.45, 7) is 4.52. The van der Waals surface area contributed by atoms with Gasteiger partial charge in [0.25, 0.3) is 0 Å². The maximum atomic E-state index is 13.8. The summed E-state index contributed by atoms with van der Waals surface area (Å²) < 4.78 is 27.9. The van der Waals surface area contributed by atoms with E-state index in [2.05, 4.69) is 5.32 Å². The molecular weight excluding hydrogens is 905 g/mol. The second-order valence-corrected chi connectivity index (χ2v) is 18.1. The predicted octanol–water partition coefficient (Wildman–Crippen LogP) is -0.330. The molecule has 2 saturated heterocycles. The summed E-state index contributed by atoms with van der Waals surface area (Å²) in [5.74, 6) is -6.45. The number of rotatable bonds is 5. The van der Waals surface area contributed by atoms with Crippen LogP contribution in [0.2, 0.25) is 0 Å². The molecule has 0 saturated carbocycles. The average Bonchev–Trinajstić information content (AvgIpc) is 3.26. The number of ether oxygens (including phenoxy) is 5. The molecule has 2 bridgehead atoms. The van der Waals surface area contributed by atoms with Crippen LogP contribution in [0.15, 0.2) is 85.1 Å². The van der Waals surface area contributed by atoms with Crippen molar-refractivity contribution in [2.24, 2.45) is 17.6 Å². The summed E-state index contributed by atoms with van der Waals surface area (Å²) in [5.41, 5.74) is 5.99. The van der Waals surface area contributed by atoms with Crippen molar-refractivity contribution in [1.29, 1.82) is 0 Å². The van der Waals surface area contributed by atoms with Gasteiger partial charge in [-0.15, -0.1) is 0 Å². The number of aliphatic hydroxyl groups is 10. The Morgan fingerprint density at radius 3 is 1.93 bits per heavy atom. The van der Waals surface area contributed by atoms with Crippen LogP contribution in [0.3, 0.4) is 0 Å². The Hall–Kier alpha value is -3.97. The Labute approximate surface area is 403 Å². The Kier molecular flexibility index (Phi) is 25.8. The SMILES string of the molecule is COC(=O)[C@H](C)NC(=O)[C@H]1[C@@H]2CC(O[C@@H]3OC[C@@H](O)[C@H](N)[C@@H]3O)/C=C/C=C/C=C/C=C/C=C/C=C/C=C/[C@H](C)[C@@H](O)C[C@H](C)OC(=O)CC(O)CC(O)CCC(O)C(O)CC(O)CC(O)(C[C@@H]1O)O2. The fraction of sp³-hybridized carbons (Fsp3) is 0.653. The van der Waals surface area contributed by atoms with Crippen molar-refractivity contribution >= 4 is 17.8 Å². The number of nitrogens with two attached hydrogens (primary N) is 1. The third kappa shape index (κ3) is 21.1. The minimum absolute atomic E-state index is 0.116. The Morgan fingerprint density at radius 2 is 1.32 bits per heavy atom. The van der Waals surface area contributed by atoms with Crippen molar-refractivity contribution in [1.82, 2.24) is 5.32 Å². The van der Waals surface area contributed by atoms with Gasteiger partial charge in [-0.2, -0.15) is 0 Å². The summed E-state index contributed by atoms with van der Waals surface area (Å²) >= 11 is 0. The number of esters is 2. The molecule has 20 nitrogen and oxygen atoms in total. The number of nitrogens with one attached hydrogen (secondary N) is 1. The first-order chi connectivity index (χ1) is 32.6. The molecule has 2 fully saturated rings. The van der Waals surface area contributed by atoms with E-state index < -0.39 is 147 Å². The van der Waals surface area contributed by atoms with Crippen LogP contribution in [0.1, 0.15) is 78.6 Å². The second-order valence-electron chi connectivity index (χ2n) is 18.1. The van der Waals surface area contributed by atoms with Crippen LogP contribution in [-0.2, 0) is 38.1 Å². The molecule has 390 valence electrons. The molecule has 20 heteroatoms. The number of aliphatic hydroxyl groups excluding tert-OH is 9. The van der Waals surface area contributed by atoms with Crippen LogP contribution < -0.4 is 11.1 Å². The van der Waals surface area contributed by atoms with Gasteiger partial charge in [0.15, 0.2) is 12.1 Å². The van der Waals surface area contributed by atoms with E-state index in [0.717, 1.165) is 7.11 Å². The van der Waals surface area contributed by atoms with Crippen molar-refractivity contribution in [3.8, 4) is 0 Å². The molecule has 0 spiro atoms. The van der Waals surface area contributed by atoms with E-state index >= 15 is 0 Å². The van der Waals surface area contributed by atoms with Crippen molar-refractivity contribution in [2.45, 2.75) is 176 Å². The fourth-order valence-electron chi connectivity index (χ4n) is 8.06. The lowest BCUT2D eigenvalue weighted by molar-refractivity contribution is -0.304. The molecule has 18 atom stereocenters. The van der Waals surface area contributed by atoms with Crippen LogP contribution in [0, 0.1) is 11.8 Å².